The lowest BCUT2D eigenvalue weighted by Crippen LogP contribution is -2.31. The van der Waals surface area contributed by atoms with E-state index >= 15 is 0 Å². The van der Waals surface area contributed by atoms with Crippen molar-refractivity contribution in [2.75, 3.05) is 6.61 Å². The van der Waals surface area contributed by atoms with Gasteiger partial charge in [-0.2, -0.15) is 10.4 Å². The summed E-state index contributed by atoms with van der Waals surface area (Å²) in [6, 6.07) is 18.3. The lowest BCUT2D eigenvalue weighted by atomic mass is 10.1. The van der Waals surface area contributed by atoms with Gasteiger partial charge in [-0.1, -0.05) is 42.5 Å². The van der Waals surface area contributed by atoms with Crippen molar-refractivity contribution in [3.8, 4) is 11.8 Å². The summed E-state index contributed by atoms with van der Waals surface area (Å²) in [4.78, 5) is 25.2. The van der Waals surface area contributed by atoms with Crippen LogP contribution in [-0.4, -0.2) is 28.1 Å². The molecule has 0 radical (unpaired) electrons. The number of carbonyl (C=O) groups excluding carboxylic acids is 2. The number of carbonyl (C=O) groups is 2. The number of benzene rings is 2. The standard InChI is InChI=1S/C21H16N4O3/c1-2-28-21(27)16-12-17(19(26)14-8-4-3-5-9-14)24-25(20(16)23)18-11-7-6-10-15(18)13-22/h3-12,23H,2H2,1H3. The monoisotopic (exact) mass is 372 g/mol. The largest absolute Gasteiger partial charge is 0.462 e. The van der Waals surface area contributed by atoms with Gasteiger partial charge in [-0.05, 0) is 25.1 Å². The van der Waals surface area contributed by atoms with E-state index in [2.05, 4.69) is 5.10 Å². The highest BCUT2D eigenvalue weighted by Gasteiger charge is 2.20. The summed E-state index contributed by atoms with van der Waals surface area (Å²) in [5.74, 6) is -1.14. The first kappa shape index (κ1) is 18.7. The third-order valence-corrected chi connectivity index (χ3v) is 3.97. The fourth-order valence-electron chi connectivity index (χ4n) is 2.65. The Kier molecular flexibility index (Phi) is 5.42. The highest BCUT2D eigenvalue weighted by Crippen LogP contribution is 2.14. The third-order valence-electron chi connectivity index (χ3n) is 3.97. The Morgan fingerprint density at radius 1 is 1.14 bits per heavy atom. The van der Waals surface area contributed by atoms with E-state index in [0.717, 1.165) is 4.68 Å². The van der Waals surface area contributed by atoms with E-state index in [0.29, 0.717) is 11.3 Å². The van der Waals surface area contributed by atoms with Crippen molar-refractivity contribution >= 4 is 11.8 Å². The van der Waals surface area contributed by atoms with Crippen LogP contribution in [0.15, 0.2) is 60.7 Å². The fourth-order valence-corrected chi connectivity index (χ4v) is 2.65. The van der Waals surface area contributed by atoms with Gasteiger partial charge in [0, 0.05) is 5.56 Å². The van der Waals surface area contributed by atoms with Gasteiger partial charge < -0.3 is 4.74 Å². The van der Waals surface area contributed by atoms with E-state index in [1.165, 1.54) is 6.07 Å². The Hall–Kier alpha value is -4.05. The first-order valence-corrected chi connectivity index (χ1v) is 8.52. The van der Waals surface area contributed by atoms with Crippen LogP contribution in [0, 0.1) is 16.7 Å². The van der Waals surface area contributed by atoms with Crippen LogP contribution in [-0.2, 0) is 4.74 Å². The van der Waals surface area contributed by atoms with Crippen molar-refractivity contribution in [3.05, 3.63) is 88.5 Å². The second-order valence-electron chi connectivity index (χ2n) is 5.75. The molecule has 0 aliphatic rings. The van der Waals surface area contributed by atoms with Crippen molar-refractivity contribution in [3.63, 3.8) is 0 Å². The zero-order chi connectivity index (χ0) is 20.1. The molecular weight excluding hydrogens is 356 g/mol. The number of para-hydroxylation sites is 1. The molecule has 7 heteroatoms. The zero-order valence-electron chi connectivity index (χ0n) is 15.0. The van der Waals surface area contributed by atoms with Crippen LogP contribution in [0.25, 0.3) is 5.69 Å². The van der Waals surface area contributed by atoms with Crippen molar-refractivity contribution < 1.29 is 14.3 Å². The summed E-state index contributed by atoms with van der Waals surface area (Å²) < 4.78 is 6.13. The maximum absolute atomic E-state index is 12.9. The molecule has 0 spiro atoms. The molecule has 28 heavy (non-hydrogen) atoms. The quantitative estimate of drug-likeness (QED) is 0.547. The Morgan fingerprint density at radius 3 is 2.50 bits per heavy atom. The van der Waals surface area contributed by atoms with Gasteiger partial charge in [0.15, 0.2) is 5.49 Å². The number of hydrogen-bond acceptors (Lipinski definition) is 6. The predicted octanol–water partition coefficient (Wildman–Crippen LogP) is 2.63. The molecule has 0 fully saturated rings. The highest BCUT2D eigenvalue weighted by atomic mass is 16.5. The van der Waals surface area contributed by atoms with Crippen LogP contribution in [0.1, 0.15) is 38.9 Å². The average molecular weight is 372 g/mol. The minimum absolute atomic E-state index is 0.0296. The smallest absolute Gasteiger partial charge is 0.342 e. The number of nitrogens with one attached hydrogen (secondary N) is 1. The molecule has 0 bridgehead atoms. The summed E-state index contributed by atoms with van der Waals surface area (Å²) in [7, 11) is 0. The Labute approximate surface area is 161 Å². The van der Waals surface area contributed by atoms with E-state index in [1.54, 1.807) is 61.5 Å². The summed E-state index contributed by atoms with van der Waals surface area (Å²) in [5, 5.41) is 22.0. The second kappa shape index (κ2) is 8.10. The Bertz CT molecular complexity index is 1140. The highest BCUT2D eigenvalue weighted by molar-refractivity contribution is 6.08. The van der Waals surface area contributed by atoms with Gasteiger partial charge in [-0.25, -0.2) is 9.48 Å². The van der Waals surface area contributed by atoms with Crippen LogP contribution in [0.2, 0.25) is 0 Å². The molecule has 0 aliphatic heterocycles. The number of ether oxygens (including phenoxy) is 1. The summed E-state index contributed by atoms with van der Waals surface area (Å²) in [6.07, 6.45) is 0. The molecule has 0 unspecified atom stereocenters. The number of aromatic nitrogens is 2. The van der Waals surface area contributed by atoms with Crippen LogP contribution in [0.5, 0.6) is 0 Å². The van der Waals surface area contributed by atoms with Gasteiger partial charge >= 0.3 is 5.97 Å². The molecule has 1 heterocycles. The number of nitriles is 1. The SMILES string of the molecule is CCOC(=O)c1cc(C(=O)c2ccccc2)nn(-c2ccccc2C#N)c1=N. The Morgan fingerprint density at radius 2 is 1.82 bits per heavy atom. The van der Waals surface area contributed by atoms with E-state index < -0.39 is 11.8 Å². The molecule has 1 aromatic heterocycles. The molecule has 7 nitrogen and oxygen atoms in total. The van der Waals surface area contributed by atoms with Crippen LogP contribution in [0.3, 0.4) is 0 Å². The van der Waals surface area contributed by atoms with Gasteiger partial charge in [0.25, 0.3) is 0 Å². The van der Waals surface area contributed by atoms with E-state index in [4.69, 9.17) is 10.1 Å². The molecule has 3 aromatic rings. The van der Waals surface area contributed by atoms with E-state index in [9.17, 15) is 14.9 Å². The van der Waals surface area contributed by atoms with Crippen LogP contribution in [0.4, 0.5) is 0 Å². The molecule has 0 atom stereocenters. The fraction of sp³-hybridized carbons (Fsp3) is 0.0952. The zero-order valence-corrected chi connectivity index (χ0v) is 15.0. The normalized spacial score (nSPS) is 10.1. The van der Waals surface area contributed by atoms with Crippen molar-refractivity contribution in [2.45, 2.75) is 6.92 Å². The topological polar surface area (TPSA) is 109 Å². The minimum atomic E-state index is -0.736. The summed E-state index contributed by atoms with van der Waals surface area (Å²) in [5.41, 5.74) is 0.533. The van der Waals surface area contributed by atoms with Gasteiger partial charge in [0.1, 0.15) is 17.3 Å². The minimum Gasteiger partial charge on any atom is -0.462 e. The molecule has 0 aliphatic carbocycles. The first-order valence-electron chi connectivity index (χ1n) is 8.52. The molecule has 3 rings (SSSR count). The van der Waals surface area contributed by atoms with Crippen molar-refractivity contribution in [1.82, 2.24) is 9.78 Å². The van der Waals surface area contributed by atoms with Crippen molar-refractivity contribution in [2.24, 2.45) is 0 Å². The van der Waals surface area contributed by atoms with Gasteiger partial charge in [-0.15, -0.1) is 0 Å². The van der Waals surface area contributed by atoms with Gasteiger partial charge in [-0.3, -0.25) is 10.2 Å². The lowest BCUT2D eigenvalue weighted by molar-refractivity contribution is 0.0522. The maximum atomic E-state index is 12.9. The number of rotatable bonds is 5. The first-order chi connectivity index (χ1) is 13.6. The van der Waals surface area contributed by atoms with E-state index in [1.807, 2.05) is 6.07 Å². The molecule has 2 aromatic carbocycles. The molecule has 138 valence electrons. The molecular formula is C21H16N4O3. The van der Waals surface area contributed by atoms with Crippen LogP contribution >= 0.6 is 0 Å². The average Bonchev–Trinajstić information content (AvgIpc) is 2.74. The summed E-state index contributed by atoms with van der Waals surface area (Å²) in [6.45, 7) is 1.77. The number of esters is 1. The van der Waals surface area contributed by atoms with E-state index in [-0.39, 0.29) is 28.9 Å². The lowest BCUT2D eigenvalue weighted by Gasteiger charge is -2.12. The number of nitrogens with zero attached hydrogens (tertiary/aromatic N) is 3. The molecule has 0 amide bonds. The number of hydrogen-bond donors (Lipinski definition) is 1. The van der Waals surface area contributed by atoms with Crippen LogP contribution < -0.4 is 5.49 Å². The number of ketones is 1. The Balaban J connectivity index is 2.26. The third kappa shape index (κ3) is 3.57. The molecule has 1 N–H and O–H groups in total. The van der Waals surface area contributed by atoms with Gasteiger partial charge in [0.05, 0.1) is 17.9 Å². The maximum Gasteiger partial charge on any atom is 0.342 e. The summed E-state index contributed by atoms with van der Waals surface area (Å²) >= 11 is 0. The molecule has 0 saturated heterocycles. The predicted molar refractivity (Wildman–Crippen MR) is 100.0 cm³/mol. The van der Waals surface area contributed by atoms with Crippen molar-refractivity contribution in [1.29, 1.82) is 10.7 Å². The molecule has 0 saturated carbocycles. The second-order valence-corrected chi connectivity index (χ2v) is 5.75. The van der Waals surface area contributed by atoms with Gasteiger partial charge in [0.2, 0.25) is 5.78 Å².